The topological polar surface area (TPSA) is 89.9 Å². The van der Waals surface area contributed by atoms with Crippen molar-refractivity contribution in [2.45, 2.75) is 4.90 Å². The van der Waals surface area contributed by atoms with Crippen LogP contribution >= 0.6 is 22.6 Å². The molecule has 0 atom stereocenters. The summed E-state index contributed by atoms with van der Waals surface area (Å²) < 4.78 is 41.9. The van der Waals surface area contributed by atoms with Crippen LogP contribution in [0.3, 0.4) is 0 Å². The maximum absolute atomic E-state index is 11.6. The number of halogens is 1. The quantitative estimate of drug-likeness (QED) is 0.337. The Bertz CT molecular complexity index is 753. The van der Waals surface area contributed by atoms with Crippen molar-refractivity contribution in [1.29, 1.82) is 0 Å². The number of ether oxygens (including phenoxy) is 2. The minimum atomic E-state index is -4.26. The van der Waals surface area contributed by atoms with E-state index in [1.165, 1.54) is 12.1 Å². The van der Waals surface area contributed by atoms with Gasteiger partial charge in [-0.15, -0.1) is 0 Å². The molecule has 0 spiro atoms. The summed E-state index contributed by atoms with van der Waals surface area (Å²) in [6.45, 7) is -0.277. The predicted octanol–water partition coefficient (Wildman–Crippen LogP) is 2.52. The molecule has 116 valence electrons. The number of benzene rings is 2. The van der Waals surface area contributed by atoms with Crippen LogP contribution in [-0.4, -0.2) is 25.5 Å². The lowest BCUT2D eigenvalue weighted by Gasteiger charge is -2.07. The minimum absolute atomic E-state index is 0.156. The van der Waals surface area contributed by atoms with E-state index >= 15 is 0 Å². The van der Waals surface area contributed by atoms with Crippen LogP contribution in [0, 0.1) is 3.57 Å². The normalized spacial score (nSPS) is 11.0. The van der Waals surface area contributed by atoms with Gasteiger partial charge in [-0.1, -0.05) is 0 Å². The third kappa shape index (κ3) is 4.97. The fraction of sp³-hybridized carbons (Fsp3) is 0.0714. The number of rotatable bonds is 5. The highest BCUT2D eigenvalue weighted by atomic mass is 127. The van der Waals surface area contributed by atoms with E-state index in [0.717, 1.165) is 15.7 Å². The van der Waals surface area contributed by atoms with Crippen molar-refractivity contribution in [3.05, 3.63) is 52.1 Å². The van der Waals surface area contributed by atoms with Gasteiger partial charge in [0.25, 0.3) is 10.1 Å². The molecule has 1 N–H and O–H groups in total. The fourth-order valence-corrected chi connectivity index (χ4v) is 2.35. The molecule has 2 aromatic carbocycles. The first-order chi connectivity index (χ1) is 10.3. The molecule has 2 aromatic rings. The maximum Gasteiger partial charge on any atom is 0.349 e. The molecule has 0 saturated carbocycles. The summed E-state index contributed by atoms with van der Waals surface area (Å²) in [6.07, 6.45) is 0. The molecule has 22 heavy (non-hydrogen) atoms. The molecule has 2 rings (SSSR count). The largest absolute Gasteiger partial charge is 0.482 e. The van der Waals surface area contributed by atoms with Crippen molar-refractivity contribution >= 4 is 38.7 Å². The fourth-order valence-electron chi connectivity index (χ4n) is 1.51. The third-order valence-corrected chi connectivity index (χ3v) is 4.11. The van der Waals surface area contributed by atoms with Gasteiger partial charge >= 0.3 is 5.97 Å². The molecule has 0 heterocycles. The van der Waals surface area contributed by atoms with Crippen molar-refractivity contribution < 1.29 is 27.2 Å². The Balaban J connectivity index is 1.90. The van der Waals surface area contributed by atoms with Crippen LogP contribution in [0.2, 0.25) is 0 Å². The first kappa shape index (κ1) is 16.7. The number of hydrogen-bond acceptors (Lipinski definition) is 5. The monoisotopic (exact) mass is 434 g/mol. The summed E-state index contributed by atoms with van der Waals surface area (Å²) in [7, 11) is -4.26. The Morgan fingerprint density at radius 2 is 1.55 bits per heavy atom. The van der Waals surface area contributed by atoms with Gasteiger partial charge in [-0.2, -0.15) is 8.42 Å². The van der Waals surface area contributed by atoms with E-state index in [2.05, 4.69) is 22.6 Å². The van der Waals surface area contributed by atoms with Crippen molar-refractivity contribution in [2.75, 3.05) is 6.61 Å². The summed E-state index contributed by atoms with van der Waals surface area (Å²) >= 11 is 2.15. The van der Waals surface area contributed by atoms with Gasteiger partial charge in [0.15, 0.2) is 6.61 Å². The van der Waals surface area contributed by atoms with Crippen molar-refractivity contribution in [3.63, 3.8) is 0 Å². The molecular weight excluding hydrogens is 423 g/mol. The third-order valence-electron chi connectivity index (χ3n) is 2.52. The summed E-state index contributed by atoms with van der Waals surface area (Å²) in [5, 5.41) is 0. The van der Waals surface area contributed by atoms with E-state index < -0.39 is 16.1 Å². The van der Waals surface area contributed by atoms with Crippen molar-refractivity contribution in [2.24, 2.45) is 0 Å². The summed E-state index contributed by atoms with van der Waals surface area (Å²) in [5.74, 6) is 0.0702. The van der Waals surface area contributed by atoms with E-state index in [1.807, 2.05) is 12.1 Å². The number of carbonyl (C=O) groups excluding carboxylic acids is 1. The van der Waals surface area contributed by atoms with Crippen LogP contribution in [0.15, 0.2) is 53.4 Å². The number of esters is 1. The summed E-state index contributed by atoms with van der Waals surface area (Å²) in [6, 6.07) is 12.0. The molecule has 0 radical (unpaired) electrons. The molecule has 0 aliphatic heterocycles. The number of hydrogen-bond donors (Lipinski definition) is 1. The Labute approximate surface area is 140 Å². The van der Waals surface area contributed by atoms with Gasteiger partial charge in [-0.3, -0.25) is 4.55 Å². The van der Waals surface area contributed by atoms with Crippen LogP contribution in [0.5, 0.6) is 11.5 Å². The Kier molecular flexibility index (Phi) is 5.37. The molecule has 0 unspecified atom stereocenters. The average molecular weight is 434 g/mol. The van der Waals surface area contributed by atoms with Gasteiger partial charge < -0.3 is 9.47 Å². The zero-order valence-electron chi connectivity index (χ0n) is 11.1. The molecule has 0 saturated heterocycles. The highest BCUT2D eigenvalue weighted by Crippen LogP contribution is 2.16. The van der Waals surface area contributed by atoms with E-state index in [9.17, 15) is 13.2 Å². The summed E-state index contributed by atoms with van der Waals surface area (Å²) in [4.78, 5) is 11.3. The van der Waals surface area contributed by atoms with Crippen LogP contribution in [0.4, 0.5) is 0 Å². The minimum Gasteiger partial charge on any atom is -0.482 e. The summed E-state index contributed by atoms with van der Waals surface area (Å²) in [5.41, 5.74) is 0. The molecule has 0 aliphatic rings. The zero-order chi connectivity index (χ0) is 16.2. The van der Waals surface area contributed by atoms with E-state index in [4.69, 9.17) is 14.0 Å². The highest BCUT2D eigenvalue weighted by Gasteiger charge is 2.11. The van der Waals surface area contributed by atoms with Gasteiger partial charge in [0, 0.05) is 3.57 Å². The molecule has 0 amide bonds. The second-order valence-corrected chi connectivity index (χ2v) is 6.83. The lowest BCUT2D eigenvalue weighted by Crippen LogP contribution is -2.17. The Morgan fingerprint density at radius 1 is 1.00 bits per heavy atom. The molecule has 0 aromatic heterocycles. The smallest absolute Gasteiger partial charge is 0.349 e. The lowest BCUT2D eigenvalue weighted by molar-refractivity contribution is -0.136. The SMILES string of the molecule is O=C(COc1ccc(I)cc1)Oc1ccc(S(=O)(=O)O)cc1. The van der Waals surface area contributed by atoms with Crippen molar-refractivity contribution in [3.8, 4) is 11.5 Å². The zero-order valence-corrected chi connectivity index (χ0v) is 14.1. The Hall–Kier alpha value is -1.65. The molecular formula is C14H11IO6S. The highest BCUT2D eigenvalue weighted by molar-refractivity contribution is 14.1. The molecule has 0 fully saturated rings. The first-order valence-corrected chi connectivity index (χ1v) is 8.53. The van der Waals surface area contributed by atoms with Crippen LogP contribution in [-0.2, 0) is 14.9 Å². The van der Waals surface area contributed by atoms with E-state index in [-0.39, 0.29) is 17.3 Å². The standard InChI is InChI=1S/C14H11IO6S/c15-10-1-3-11(4-2-10)20-9-14(16)21-12-5-7-13(8-6-12)22(17,18)19/h1-8H,9H2,(H,17,18,19). The van der Waals surface area contributed by atoms with Crippen LogP contribution in [0.25, 0.3) is 0 Å². The lowest BCUT2D eigenvalue weighted by atomic mass is 10.3. The van der Waals surface area contributed by atoms with Gasteiger partial charge in [-0.25, -0.2) is 4.79 Å². The number of carbonyl (C=O) groups is 1. The maximum atomic E-state index is 11.6. The first-order valence-electron chi connectivity index (χ1n) is 6.01. The van der Waals surface area contributed by atoms with Gasteiger partial charge in [-0.05, 0) is 71.1 Å². The van der Waals surface area contributed by atoms with Crippen LogP contribution in [0.1, 0.15) is 0 Å². The predicted molar refractivity (Wildman–Crippen MR) is 86.5 cm³/mol. The van der Waals surface area contributed by atoms with Gasteiger partial charge in [0.1, 0.15) is 11.5 Å². The van der Waals surface area contributed by atoms with E-state index in [1.54, 1.807) is 12.1 Å². The molecule has 0 aliphatic carbocycles. The molecule has 8 heteroatoms. The average Bonchev–Trinajstić information content (AvgIpc) is 2.46. The van der Waals surface area contributed by atoms with Gasteiger partial charge in [0.05, 0.1) is 4.90 Å². The van der Waals surface area contributed by atoms with E-state index in [0.29, 0.717) is 5.75 Å². The molecule has 6 nitrogen and oxygen atoms in total. The van der Waals surface area contributed by atoms with Crippen molar-refractivity contribution in [1.82, 2.24) is 0 Å². The molecule has 0 bridgehead atoms. The van der Waals surface area contributed by atoms with Gasteiger partial charge in [0.2, 0.25) is 0 Å². The second-order valence-electron chi connectivity index (χ2n) is 4.16. The Morgan fingerprint density at radius 3 is 2.09 bits per heavy atom. The van der Waals surface area contributed by atoms with Crippen LogP contribution < -0.4 is 9.47 Å². The second kappa shape index (κ2) is 7.07.